The van der Waals surface area contributed by atoms with Crippen LogP contribution in [0.25, 0.3) is 0 Å². The van der Waals surface area contributed by atoms with Gasteiger partial charge in [-0.05, 0) is 57.4 Å². The molecule has 0 fully saturated rings. The molecule has 1 aromatic carbocycles. The summed E-state index contributed by atoms with van der Waals surface area (Å²) < 4.78 is 5.25. The molecular formula is C15H20O4. The number of aryl methyl sites for hydroxylation is 1. The Balaban J connectivity index is 3.49. The van der Waals surface area contributed by atoms with E-state index in [0.717, 1.165) is 16.7 Å². The lowest BCUT2D eigenvalue weighted by atomic mass is 9.80. The van der Waals surface area contributed by atoms with Gasteiger partial charge in [-0.1, -0.05) is 0 Å². The van der Waals surface area contributed by atoms with Gasteiger partial charge in [0.05, 0.1) is 7.11 Å². The van der Waals surface area contributed by atoms with Crippen LogP contribution in [0.1, 0.15) is 40.9 Å². The molecule has 0 aliphatic rings. The number of carboxylic acids is 1. The molecular weight excluding hydrogens is 244 g/mol. The van der Waals surface area contributed by atoms with E-state index in [1.165, 1.54) is 13.8 Å². The van der Waals surface area contributed by atoms with Gasteiger partial charge < -0.3 is 9.84 Å². The number of aliphatic carboxylic acids is 1. The van der Waals surface area contributed by atoms with Crippen LogP contribution in [0.5, 0.6) is 5.75 Å². The maximum Gasteiger partial charge on any atom is 0.316 e. The zero-order chi connectivity index (χ0) is 15.0. The molecule has 1 aromatic rings. The van der Waals surface area contributed by atoms with E-state index in [9.17, 15) is 14.7 Å². The van der Waals surface area contributed by atoms with E-state index < -0.39 is 11.4 Å². The van der Waals surface area contributed by atoms with Crippen molar-refractivity contribution >= 4 is 11.8 Å². The van der Waals surface area contributed by atoms with Crippen molar-refractivity contribution in [3.05, 3.63) is 28.3 Å². The Morgan fingerprint density at radius 2 is 1.68 bits per heavy atom. The minimum Gasteiger partial charge on any atom is -0.496 e. The summed E-state index contributed by atoms with van der Waals surface area (Å²) in [5.41, 5.74) is 1.41. The van der Waals surface area contributed by atoms with Crippen LogP contribution >= 0.6 is 0 Å². The average molecular weight is 264 g/mol. The summed E-state index contributed by atoms with van der Waals surface area (Å²) in [4.78, 5) is 23.7. The van der Waals surface area contributed by atoms with Crippen LogP contribution in [0.4, 0.5) is 0 Å². The fraction of sp³-hybridized carbons (Fsp3) is 0.467. The second kappa shape index (κ2) is 5.03. The van der Waals surface area contributed by atoms with Gasteiger partial charge in [-0.25, -0.2) is 0 Å². The maximum absolute atomic E-state index is 12.5. The second-order valence-electron chi connectivity index (χ2n) is 5.28. The number of rotatable bonds is 4. The molecule has 4 nitrogen and oxygen atoms in total. The number of hydrogen-bond donors (Lipinski definition) is 1. The van der Waals surface area contributed by atoms with Crippen molar-refractivity contribution in [2.75, 3.05) is 7.11 Å². The maximum atomic E-state index is 12.5. The summed E-state index contributed by atoms with van der Waals surface area (Å²) in [5, 5.41) is 9.18. The molecule has 1 rings (SSSR count). The predicted octanol–water partition coefficient (Wildman–Crippen LogP) is 2.91. The lowest BCUT2D eigenvalue weighted by Gasteiger charge is -2.22. The monoisotopic (exact) mass is 264 g/mol. The van der Waals surface area contributed by atoms with Crippen molar-refractivity contribution < 1.29 is 19.4 Å². The molecule has 0 unspecified atom stereocenters. The summed E-state index contributed by atoms with van der Waals surface area (Å²) in [6, 6.07) is 1.77. The van der Waals surface area contributed by atoms with Crippen molar-refractivity contribution in [3.8, 4) is 5.75 Å². The Hall–Kier alpha value is -1.84. The predicted molar refractivity (Wildman–Crippen MR) is 73.0 cm³/mol. The van der Waals surface area contributed by atoms with Crippen molar-refractivity contribution in [3.63, 3.8) is 0 Å². The number of benzene rings is 1. The molecule has 0 heterocycles. The van der Waals surface area contributed by atoms with Crippen LogP contribution in [-0.4, -0.2) is 24.0 Å². The lowest BCUT2D eigenvalue weighted by Crippen LogP contribution is -2.34. The highest BCUT2D eigenvalue weighted by atomic mass is 16.5. The van der Waals surface area contributed by atoms with Crippen LogP contribution in [-0.2, 0) is 4.79 Å². The summed E-state index contributed by atoms with van der Waals surface area (Å²) in [6.45, 7) is 8.32. The molecule has 0 aliphatic carbocycles. The molecule has 0 aromatic heterocycles. The minimum absolute atomic E-state index is 0.374. The van der Waals surface area contributed by atoms with Crippen LogP contribution in [0.2, 0.25) is 0 Å². The van der Waals surface area contributed by atoms with Gasteiger partial charge in [0.2, 0.25) is 0 Å². The zero-order valence-electron chi connectivity index (χ0n) is 12.2. The van der Waals surface area contributed by atoms with E-state index in [4.69, 9.17) is 4.74 Å². The molecule has 4 heteroatoms. The Labute approximate surface area is 113 Å². The van der Waals surface area contributed by atoms with Gasteiger partial charge in [0.1, 0.15) is 11.2 Å². The van der Waals surface area contributed by atoms with E-state index in [-0.39, 0.29) is 5.78 Å². The molecule has 0 atom stereocenters. The first-order chi connectivity index (χ1) is 8.64. The van der Waals surface area contributed by atoms with Gasteiger partial charge in [-0.2, -0.15) is 0 Å². The molecule has 0 radical (unpaired) electrons. The largest absolute Gasteiger partial charge is 0.496 e. The highest BCUT2D eigenvalue weighted by Crippen LogP contribution is 2.32. The third-order valence-corrected chi connectivity index (χ3v) is 3.60. The highest BCUT2D eigenvalue weighted by Gasteiger charge is 2.38. The number of methoxy groups -OCH3 is 1. The van der Waals surface area contributed by atoms with Gasteiger partial charge in [0.15, 0.2) is 5.78 Å². The smallest absolute Gasteiger partial charge is 0.316 e. The Morgan fingerprint density at radius 3 is 2.11 bits per heavy atom. The molecule has 0 bridgehead atoms. The first kappa shape index (κ1) is 15.2. The van der Waals surface area contributed by atoms with Gasteiger partial charge in [-0.15, -0.1) is 0 Å². The second-order valence-corrected chi connectivity index (χ2v) is 5.28. The molecule has 0 saturated heterocycles. The first-order valence-electron chi connectivity index (χ1n) is 6.07. The van der Waals surface area contributed by atoms with Crippen LogP contribution in [0, 0.1) is 26.2 Å². The van der Waals surface area contributed by atoms with Crippen molar-refractivity contribution in [1.82, 2.24) is 0 Å². The first-order valence-corrected chi connectivity index (χ1v) is 6.07. The summed E-state index contributed by atoms with van der Waals surface area (Å²) >= 11 is 0. The third kappa shape index (κ3) is 2.48. The van der Waals surface area contributed by atoms with E-state index >= 15 is 0 Å². The van der Waals surface area contributed by atoms with Crippen LogP contribution in [0.15, 0.2) is 6.07 Å². The quantitative estimate of drug-likeness (QED) is 0.671. The normalized spacial score (nSPS) is 11.3. The molecule has 0 spiro atoms. The van der Waals surface area contributed by atoms with E-state index in [1.54, 1.807) is 20.1 Å². The number of carbonyl (C=O) groups is 2. The standard InChI is InChI=1S/C15H20O4/c1-8-7-11(19-6)9(2)10(3)12(8)13(16)15(4,5)14(17)18/h7H,1-6H3,(H,17,18). The summed E-state index contributed by atoms with van der Waals surface area (Å²) in [7, 11) is 1.57. The topological polar surface area (TPSA) is 63.6 Å². The van der Waals surface area contributed by atoms with Gasteiger partial charge in [0, 0.05) is 5.56 Å². The minimum atomic E-state index is -1.43. The lowest BCUT2D eigenvalue weighted by molar-refractivity contribution is -0.144. The number of ether oxygens (including phenoxy) is 1. The molecule has 1 N–H and O–H groups in total. The van der Waals surface area contributed by atoms with E-state index in [1.807, 2.05) is 13.8 Å². The molecule has 104 valence electrons. The number of hydrogen-bond acceptors (Lipinski definition) is 3. The number of Topliss-reactive ketones (excluding diaryl/α,β-unsaturated/α-hetero) is 1. The molecule has 0 aliphatic heterocycles. The molecule has 0 saturated carbocycles. The zero-order valence-corrected chi connectivity index (χ0v) is 12.2. The van der Waals surface area contributed by atoms with Crippen LogP contribution < -0.4 is 4.74 Å². The van der Waals surface area contributed by atoms with Gasteiger partial charge in [-0.3, -0.25) is 9.59 Å². The van der Waals surface area contributed by atoms with Crippen LogP contribution in [0.3, 0.4) is 0 Å². The average Bonchev–Trinajstić information content (AvgIpc) is 2.33. The third-order valence-electron chi connectivity index (χ3n) is 3.60. The summed E-state index contributed by atoms with van der Waals surface area (Å²) in [6.07, 6.45) is 0. The highest BCUT2D eigenvalue weighted by molar-refractivity contribution is 6.13. The Morgan fingerprint density at radius 1 is 1.16 bits per heavy atom. The van der Waals surface area contributed by atoms with Crippen molar-refractivity contribution in [2.24, 2.45) is 5.41 Å². The fourth-order valence-electron chi connectivity index (χ4n) is 2.02. The van der Waals surface area contributed by atoms with E-state index in [0.29, 0.717) is 11.3 Å². The molecule has 0 amide bonds. The van der Waals surface area contributed by atoms with Gasteiger partial charge in [0.25, 0.3) is 0 Å². The SMILES string of the molecule is COc1cc(C)c(C(=O)C(C)(C)C(=O)O)c(C)c1C. The summed E-state index contributed by atoms with van der Waals surface area (Å²) in [5.74, 6) is -0.787. The Bertz CT molecular complexity index is 542. The number of ketones is 1. The number of carbonyl (C=O) groups excluding carboxylic acids is 1. The number of carboxylic acid groups (broad SMARTS) is 1. The Kier molecular flexibility index (Phi) is 4.03. The fourth-order valence-corrected chi connectivity index (χ4v) is 2.02. The van der Waals surface area contributed by atoms with Crippen molar-refractivity contribution in [1.29, 1.82) is 0 Å². The van der Waals surface area contributed by atoms with Gasteiger partial charge >= 0.3 is 5.97 Å². The molecule has 19 heavy (non-hydrogen) atoms. The van der Waals surface area contributed by atoms with E-state index in [2.05, 4.69) is 0 Å². The van der Waals surface area contributed by atoms with Crippen molar-refractivity contribution in [2.45, 2.75) is 34.6 Å².